The number of likely N-dealkylation sites (tertiary alicyclic amines) is 1. The number of rotatable bonds is 9. The summed E-state index contributed by atoms with van der Waals surface area (Å²) in [6.07, 6.45) is 5.07. The average molecular weight is 455 g/mol. The number of hydrogen-bond acceptors (Lipinski definition) is 7. The van der Waals surface area contributed by atoms with Gasteiger partial charge < -0.3 is 24.8 Å². The molecule has 3 rings (SSSR count). The third kappa shape index (κ3) is 6.53. The van der Waals surface area contributed by atoms with Crippen molar-refractivity contribution in [3.63, 3.8) is 0 Å². The number of nitrogens with one attached hydrogen (secondary N) is 2. The topological polar surface area (TPSA) is 139 Å². The zero-order valence-electron chi connectivity index (χ0n) is 18.6. The Bertz CT molecular complexity index is 1030. The van der Waals surface area contributed by atoms with Crippen molar-refractivity contribution in [2.45, 2.75) is 19.4 Å². The molecule has 2 amide bonds. The van der Waals surface area contributed by atoms with E-state index in [0.29, 0.717) is 17.1 Å². The Morgan fingerprint density at radius 3 is 2.61 bits per heavy atom. The number of benzene rings is 1. The molecule has 2 aromatic rings. The summed E-state index contributed by atoms with van der Waals surface area (Å²) in [5, 5.41) is 20.4. The van der Waals surface area contributed by atoms with Crippen molar-refractivity contribution < 1.29 is 29.6 Å². The van der Waals surface area contributed by atoms with Gasteiger partial charge in [-0.3, -0.25) is 10.2 Å². The lowest BCUT2D eigenvalue weighted by atomic mass is 10.1. The summed E-state index contributed by atoms with van der Waals surface area (Å²) in [6.45, 7) is 3.01. The van der Waals surface area contributed by atoms with E-state index in [9.17, 15) is 14.7 Å². The second-order valence-corrected chi connectivity index (χ2v) is 7.47. The molecular formula is C23H28N5O5+. The van der Waals surface area contributed by atoms with Crippen LogP contribution in [0.5, 0.6) is 17.4 Å². The van der Waals surface area contributed by atoms with Crippen LogP contribution < -0.4 is 25.5 Å². The molecule has 1 aliphatic rings. The summed E-state index contributed by atoms with van der Waals surface area (Å²) in [5.74, 6) is 0.486. The second kappa shape index (κ2) is 11.1. The number of pyridine rings is 1. The molecular weight excluding hydrogens is 426 g/mol. The highest BCUT2D eigenvalue weighted by Gasteiger charge is 2.22. The molecule has 0 aliphatic carbocycles. The summed E-state index contributed by atoms with van der Waals surface area (Å²) < 4.78 is 11.5. The van der Waals surface area contributed by atoms with E-state index in [1.54, 1.807) is 43.3 Å². The van der Waals surface area contributed by atoms with Crippen LogP contribution in [0, 0.1) is 0 Å². The fourth-order valence-corrected chi connectivity index (χ4v) is 2.91. The van der Waals surface area contributed by atoms with Gasteiger partial charge in [0.05, 0.1) is 17.7 Å². The SMILES string of the molecule is CN/C=C\C(=[NH2+])NC(=O)c1cc(Oc2ccc(C(=O)N3CCC3)cn2)cc(O[C@@H](C)CO)c1. The lowest BCUT2D eigenvalue weighted by Crippen LogP contribution is -2.49. The predicted molar refractivity (Wildman–Crippen MR) is 121 cm³/mol. The van der Waals surface area contributed by atoms with Gasteiger partial charge in [-0.25, -0.2) is 15.1 Å². The van der Waals surface area contributed by atoms with E-state index >= 15 is 0 Å². The van der Waals surface area contributed by atoms with Crippen LogP contribution in [0.4, 0.5) is 0 Å². The van der Waals surface area contributed by atoms with Crippen molar-refractivity contribution in [2.24, 2.45) is 0 Å². The zero-order valence-corrected chi connectivity index (χ0v) is 18.6. The van der Waals surface area contributed by atoms with Crippen LogP contribution in [-0.4, -0.2) is 65.5 Å². The number of nitrogens with zero attached hydrogens (tertiary/aromatic N) is 2. The Balaban J connectivity index is 1.79. The summed E-state index contributed by atoms with van der Waals surface area (Å²) in [6, 6.07) is 7.85. The van der Waals surface area contributed by atoms with E-state index in [1.165, 1.54) is 24.4 Å². The van der Waals surface area contributed by atoms with Crippen molar-refractivity contribution in [1.82, 2.24) is 20.5 Å². The summed E-state index contributed by atoms with van der Waals surface area (Å²) in [7, 11) is 1.71. The molecule has 0 saturated carbocycles. The Kier molecular flexibility index (Phi) is 7.98. The lowest BCUT2D eigenvalue weighted by molar-refractivity contribution is -0.115. The molecule has 0 bridgehead atoms. The van der Waals surface area contributed by atoms with E-state index in [2.05, 4.69) is 15.6 Å². The molecule has 174 valence electrons. The molecule has 0 radical (unpaired) electrons. The average Bonchev–Trinajstić information content (AvgIpc) is 2.76. The van der Waals surface area contributed by atoms with Gasteiger partial charge in [0, 0.05) is 50.7 Å². The van der Waals surface area contributed by atoms with Gasteiger partial charge in [-0.05, 0) is 31.5 Å². The number of carbonyl (C=O) groups is 2. The highest BCUT2D eigenvalue weighted by Crippen LogP contribution is 2.28. The molecule has 1 fully saturated rings. The van der Waals surface area contributed by atoms with Gasteiger partial charge in [0.25, 0.3) is 11.7 Å². The zero-order chi connectivity index (χ0) is 23.8. The minimum Gasteiger partial charge on any atom is -0.488 e. The molecule has 1 aromatic heterocycles. The summed E-state index contributed by atoms with van der Waals surface area (Å²) >= 11 is 0. The molecule has 1 aromatic carbocycles. The van der Waals surface area contributed by atoms with Gasteiger partial charge in [0.15, 0.2) is 0 Å². The van der Waals surface area contributed by atoms with Crippen molar-refractivity contribution in [2.75, 3.05) is 26.7 Å². The van der Waals surface area contributed by atoms with Crippen molar-refractivity contribution >= 4 is 17.6 Å². The first-order chi connectivity index (χ1) is 15.9. The van der Waals surface area contributed by atoms with Crippen LogP contribution in [0.3, 0.4) is 0 Å². The second-order valence-electron chi connectivity index (χ2n) is 7.47. The molecule has 1 saturated heterocycles. The molecule has 33 heavy (non-hydrogen) atoms. The number of amides is 2. The van der Waals surface area contributed by atoms with Gasteiger partial charge in [-0.15, -0.1) is 0 Å². The standard InChI is InChI=1S/C23H27N5O5/c1-15(14-29)32-18-10-17(22(30)27-20(24)6-7-25-2)11-19(12-18)33-21-5-4-16(13-26-21)23(31)28-8-3-9-28/h4-7,10-13,15,25,29H,3,8-9,14H2,1-2H3,(H2,24,27,30)/p+1/b7-6-/t15-/m0/s1. The minimum absolute atomic E-state index is 0.0613. The maximum atomic E-state index is 12.7. The molecule has 10 heteroatoms. The van der Waals surface area contributed by atoms with Crippen LogP contribution >= 0.6 is 0 Å². The third-order valence-corrected chi connectivity index (χ3v) is 4.77. The van der Waals surface area contributed by atoms with Gasteiger partial charge in [-0.2, -0.15) is 0 Å². The largest absolute Gasteiger partial charge is 0.488 e. The van der Waals surface area contributed by atoms with Gasteiger partial charge >= 0.3 is 5.91 Å². The molecule has 0 spiro atoms. The minimum atomic E-state index is -0.490. The Labute approximate surface area is 191 Å². The van der Waals surface area contributed by atoms with E-state index in [4.69, 9.17) is 14.9 Å². The Morgan fingerprint density at radius 2 is 2.00 bits per heavy atom. The van der Waals surface area contributed by atoms with Gasteiger partial charge in [0.1, 0.15) is 17.6 Å². The Hall–Kier alpha value is -3.92. The normalized spacial score (nSPS) is 13.7. The van der Waals surface area contributed by atoms with Crippen LogP contribution in [-0.2, 0) is 0 Å². The molecule has 0 unspecified atom stereocenters. The lowest BCUT2D eigenvalue weighted by Gasteiger charge is -2.30. The first-order valence-corrected chi connectivity index (χ1v) is 10.5. The number of nitrogens with two attached hydrogens (primary N) is 1. The van der Waals surface area contributed by atoms with Crippen molar-refractivity contribution in [3.05, 3.63) is 59.9 Å². The van der Waals surface area contributed by atoms with Gasteiger partial charge in [0.2, 0.25) is 5.88 Å². The monoisotopic (exact) mass is 454 g/mol. The van der Waals surface area contributed by atoms with Crippen LogP contribution in [0.1, 0.15) is 34.1 Å². The molecule has 10 nitrogen and oxygen atoms in total. The number of amidine groups is 1. The van der Waals surface area contributed by atoms with Crippen molar-refractivity contribution in [3.8, 4) is 17.4 Å². The number of carbonyl (C=O) groups excluding carboxylic acids is 2. The Morgan fingerprint density at radius 1 is 1.24 bits per heavy atom. The van der Waals surface area contributed by atoms with Crippen LogP contribution in [0.2, 0.25) is 0 Å². The van der Waals surface area contributed by atoms with E-state index in [-0.39, 0.29) is 29.8 Å². The molecule has 2 heterocycles. The van der Waals surface area contributed by atoms with Crippen LogP contribution in [0.15, 0.2) is 48.8 Å². The maximum Gasteiger partial charge on any atom is 0.339 e. The number of aliphatic hydroxyl groups is 1. The van der Waals surface area contributed by atoms with Crippen LogP contribution in [0.25, 0.3) is 0 Å². The van der Waals surface area contributed by atoms with Gasteiger partial charge in [-0.1, -0.05) is 0 Å². The van der Waals surface area contributed by atoms with Crippen molar-refractivity contribution in [1.29, 1.82) is 0 Å². The summed E-state index contributed by atoms with van der Waals surface area (Å²) in [5.41, 5.74) is 0.717. The first-order valence-electron chi connectivity index (χ1n) is 10.5. The molecule has 1 atom stereocenters. The fourth-order valence-electron chi connectivity index (χ4n) is 2.91. The van der Waals surface area contributed by atoms with E-state index < -0.39 is 12.0 Å². The number of ether oxygens (including phenoxy) is 2. The first kappa shape index (κ1) is 23.7. The third-order valence-electron chi connectivity index (χ3n) is 4.77. The highest BCUT2D eigenvalue weighted by molar-refractivity contribution is 6.08. The number of hydrogen-bond donors (Lipinski definition) is 4. The number of aromatic nitrogens is 1. The van der Waals surface area contributed by atoms with E-state index in [0.717, 1.165) is 19.5 Å². The molecule has 5 N–H and O–H groups in total. The molecule has 1 aliphatic heterocycles. The highest BCUT2D eigenvalue weighted by atomic mass is 16.5. The number of aliphatic hydroxyl groups excluding tert-OH is 1. The predicted octanol–water partition coefficient (Wildman–Crippen LogP) is 0.0999. The maximum absolute atomic E-state index is 12.7. The summed E-state index contributed by atoms with van der Waals surface area (Å²) in [4.78, 5) is 30.9. The fraction of sp³-hybridized carbons (Fsp3) is 0.304. The quantitative estimate of drug-likeness (QED) is 0.311. The smallest absolute Gasteiger partial charge is 0.339 e. The van der Waals surface area contributed by atoms with E-state index in [1.807, 2.05) is 0 Å².